The molecule has 0 aliphatic rings. The minimum atomic E-state index is -0.978. The average Bonchev–Trinajstić information content (AvgIpc) is 2.40. The lowest BCUT2D eigenvalue weighted by molar-refractivity contribution is -0.189. The predicted octanol–water partition coefficient (Wildman–Crippen LogP) is -0.0423. The molecular weight excluding hydrogens is 411 g/mol. The van der Waals surface area contributed by atoms with Crippen LogP contribution in [-0.2, 0) is 30.5 Å². The van der Waals surface area contributed by atoms with Gasteiger partial charge in [0.1, 0.15) is 6.73 Å². The Balaban J connectivity index is 2.68. The molecule has 1 aromatic rings. The lowest BCUT2D eigenvalue weighted by Gasteiger charge is -2.18. The van der Waals surface area contributed by atoms with E-state index < -0.39 is 29.5 Å². The second-order valence-electron chi connectivity index (χ2n) is 4.17. The monoisotopic (exact) mass is 426 g/mol. The summed E-state index contributed by atoms with van der Waals surface area (Å²) in [4.78, 5) is 46.6. The minimum Gasteiger partial charge on any atom is -0.466 e. The maximum atomic E-state index is 11.6. The Kier molecular flexibility index (Phi) is 7.24. The molecule has 9 nitrogen and oxygen atoms in total. The Hall–Kier alpha value is -1.69. The predicted molar refractivity (Wildman–Crippen MR) is 81.9 cm³/mol. The van der Waals surface area contributed by atoms with Crippen molar-refractivity contribution in [3.8, 4) is 0 Å². The molecule has 0 saturated heterocycles. The first-order valence-electron chi connectivity index (χ1n) is 6.21. The van der Waals surface area contributed by atoms with Gasteiger partial charge in [0.15, 0.2) is 0 Å². The fourth-order valence-electron chi connectivity index (χ4n) is 1.40. The van der Waals surface area contributed by atoms with Crippen LogP contribution in [0.3, 0.4) is 0 Å². The molecule has 1 heterocycles. The maximum absolute atomic E-state index is 11.6. The van der Waals surface area contributed by atoms with E-state index in [1.807, 2.05) is 0 Å². The number of rotatable bonds is 7. The van der Waals surface area contributed by atoms with E-state index in [9.17, 15) is 19.2 Å². The zero-order valence-electron chi connectivity index (χ0n) is 12.0. The molecule has 22 heavy (non-hydrogen) atoms. The van der Waals surface area contributed by atoms with Gasteiger partial charge in [-0.25, -0.2) is 4.79 Å². The quantitative estimate of drug-likeness (QED) is 0.370. The van der Waals surface area contributed by atoms with Gasteiger partial charge >= 0.3 is 17.6 Å². The molecule has 1 rings (SSSR count). The number of H-pyrrole nitrogens is 1. The average molecular weight is 426 g/mol. The van der Waals surface area contributed by atoms with Crippen molar-refractivity contribution in [3.63, 3.8) is 0 Å². The normalized spacial score (nSPS) is 11.8. The summed E-state index contributed by atoms with van der Waals surface area (Å²) in [5.74, 6) is -1.04. The number of nitrogens with one attached hydrogen (secondary N) is 1. The number of aromatic nitrogens is 2. The highest BCUT2D eigenvalue weighted by molar-refractivity contribution is 14.1. The smallest absolute Gasteiger partial charge is 0.330 e. The molecule has 1 unspecified atom stereocenters. The molecule has 0 bridgehead atoms. The lowest BCUT2D eigenvalue weighted by Crippen LogP contribution is -2.33. The Morgan fingerprint density at radius 3 is 2.59 bits per heavy atom. The molecule has 1 atom stereocenters. The van der Waals surface area contributed by atoms with Crippen LogP contribution in [-0.4, -0.2) is 34.4 Å². The highest BCUT2D eigenvalue weighted by Crippen LogP contribution is 2.04. The summed E-state index contributed by atoms with van der Waals surface area (Å²) >= 11 is 1.77. The number of halogens is 1. The zero-order chi connectivity index (χ0) is 16.7. The van der Waals surface area contributed by atoms with E-state index in [2.05, 4.69) is 4.98 Å². The number of carbonyl (C=O) groups is 2. The minimum absolute atomic E-state index is 0.00529. The standard InChI is InChI=1S/C12H15IN2O7/c1-7(16)20-4-3-10(22-8(2)17)21-6-15-5-9(13)11(18)14-12(15)19/h5,10H,3-4,6H2,1-2H3,(H,14,18,19). The van der Waals surface area contributed by atoms with Crippen molar-refractivity contribution < 1.29 is 23.8 Å². The van der Waals surface area contributed by atoms with Gasteiger partial charge < -0.3 is 14.2 Å². The molecule has 1 aromatic heterocycles. The molecule has 0 aliphatic heterocycles. The van der Waals surface area contributed by atoms with E-state index in [1.165, 1.54) is 20.0 Å². The van der Waals surface area contributed by atoms with E-state index in [1.54, 1.807) is 22.6 Å². The van der Waals surface area contributed by atoms with Crippen LogP contribution < -0.4 is 11.2 Å². The second-order valence-corrected chi connectivity index (χ2v) is 5.33. The fraction of sp³-hybridized carbons (Fsp3) is 0.500. The maximum Gasteiger partial charge on any atom is 0.330 e. The molecule has 0 fully saturated rings. The van der Waals surface area contributed by atoms with Crippen LogP contribution in [0.1, 0.15) is 20.3 Å². The van der Waals surface area contributed by atoms with Crippen molar-refractivity contribution in [2.24, 2.45) is 0 Å². The van der Waals surface area contributed by atoms with E-state index in [4.69, 9.17) is 14.2 Å². The van der Waals surface area contributed by atoms with Gasteiger partial charge in [-0.1, -0.05) is 0 Å². The highest BCUT2D eigenvalue weighted by atomic mass is 127. The van der Waals surface area contributed by atoms with Crippen LogP contribution in [0, 0.1) is 3.57 Å². The Labute approximate surface area is 138 Å². The summed E-state index contributed by atoms with van der Waals surface area (Å²) < 4.78 is 16.4. The number of hydrogen-bond acceptors (Lipinski definition) is 7. The molecule has 0 aromatic carbocycles. The van der Waals surface area contributed by atoms with Gasteiger partial charge in [0.05, 0.1) is 10.2 Å². The van der Waals surface area contributed by atoms with E-state index in [-0.39, 0.29) is 19.8 Å². The van der Waals surface area contributed by atoms with Gasteiger partial charge in [-0.05, 0) is 22.6 Å². The van der Waals surface area contributed by atoms with Crippen molar-refractivity contribution in [2.45, 2.75) is 33.3 Å². The van der Waals surface area contributed by atoms with Gasteiger partial charge in [0.2, 0.25) is 6.29 Å². The number of carbonyl (C=O) groups excluding carboxylic acids is 2. The molecule has 0 radical (unpaired) electrons. The van der Waals surface area contributed by atoms with Crippen LogP contribution in [0.2, 0.25) is 0 Å². The van der Waals surface area contributed by atoms with Gasteiger partial charge in [0, 0.05) is 26.5 Å². The molecule has 10 heteroatoms. The Morgan fingerprint density at radius 1 is 1.32 bits per heavy atom. The van der Waals surface area contributed by atoms with Crippen molar-refractivity contribution in [2.75, 3.05) is 6.61 Å². The summed E-state index contributed by atoms with van der Waals surface area (Å²) in [7, 11) is 0. The van der Waals surface area contributed by atoms with Gasteiger partial charge in [-0.15, -0.1) is 0 Å². The number of ether oxygens (including phenoxy) is 3. The molecule has 122 valence electrons. The first kappa shape index (κ1) is 18.4. The summed E-state index contributed by atoms with van der Waals surface area (Å²) in [6.07, 6.45) is 0.459. The van der Waals surface area contributed by atoms with E-state index in [0.717, 1.165) is 4.57 Å². The molecule has 0 amide bonds. The number of nitrogens with zero attached hydrogens (tertiary/aromatic N) is 1. The second kappa shape index (κ2) is 8.68. The molecule has 0 spiro atoms. The van der Waals surface area contributed by atoms with Crippen LogP contribution in [0.5, 0.6) is 0 Å². The fourth-order valence-corrected chi connectivity index (χ4v) is 1.87. The largest absolute Gasteiger partial charge is 0.466 e. The SMILES string of the molecule is CC(=O)OCCC(OCn1cc(I)c(=O)[nH]c1=O)OC(C)=O. The summed E-state index contributed by atoms with van der Waals surface area (Å²) in [5.41, 5.74) is -1.14. The third-order valence-corrected chi connectivity index (χ3v) is 3.09. The van der Waals surface area contributed by atoms with Gasteiger partial charge in [0.25, 0.3) is 5.56 Å². The van der Waals surface area contributed by atoms with Crippen LogP contribution in [0.4, 0.5) is 0 Å². The van der Waals surface area contributed by atoms with E-state index >= 15 is 0 Å². The van der Waals surface area contributed by atoms with Crippen molar-refractivity contribution in [3.05, 3.63) is 30.6 Å². The van der Waals surface area contributed by atoms with Crippen LogP contribution in [0.25, 0.3) is 0 Å². The number of aromatic amines is 1. The Morgan fingerprint density at radius 2 is 2.00 bits per heavy atom. The van der Waals surface area contributed by atoms with Crippen LogP contribution >= 0.6 is 22.6 Å². The third-order valence-electron chi connectivity index (χ3n) is 2.32. The number of esters is 2. The summed E-state index contributed by atoms with van der Waals surface area (Å²) in [6, 6.07) is 0. The molecule has 0 aliphatic carbocycles. The van der Waals surface area contributed by atoms with E-state index in [0.29, 0.717) is 3.57 Å². The van der Waals surface area contributed by atoms with Crippen molar-refractivity contribution in [1.29, 1.82) is 0 Å². The number of hydrogen-bond donors (Lipinski definition) is 1. The summed E-state index contributed by atoms with van der Waals surface area (Å²) in [5, 5.41) is 0. The van der Waals surface area contributed by atoms with Crippen molar-refractivity contribution >= 4 is 34.5 Å². The first-order valence-corrected chi connectivity index (χ1v) is 7.29. The highest BCUT2D eigenvalue weighted by Gasteiger charge is 2.14. The topological polar surface area (TPSA) is 117 Å². The lowest BCUT2D eigenvalue weighted by atomic mass is 10.4. The Bertz CT molecular complexity index is 652. The molecule has 0 saturated carbocycles. The zero-order valence-corrected chi connectivity index (χ0v) is 14.1. The third kappa shape index (κ3) is 6.39. The molecule has 1 N–H and O–H groups in total. The van der Waals surface area contributed by atoms with Crippen LogP contribution in [0.15, 0.2) is 15.8 Å². The first-order chi connectivity index (χ1) is 10.3. The van der Waals surface area contributed by atoms with Gasteiger partial charge in [-0.3, -0.25) is 23.9 Å². The van der Waals surface area contributed by atoms with Gasteiger partial charge in [-0.2, -0.15) is 0 Å². The van der Waals surface area contributed by atoms with Crippen molar-refractivity contribution in [1.82, 2.24) is 9.55 Å². The summed E-state index contributed by atoms with van der Waals surface area (Å²) in [6.45, 7) is 2.23. The molecular formula is C12H15IN2O7.